The Morgan fingerprint density at radius 1 is 1.03 bits per heavy atom. The average Bonchev–Trinajstić information content (AvgIpc) is 3.25. The first-order valence-electron chi connectivity index (χ1n) is 12.6. The number of piperazine rings is 1. The van der Waals surface area contributed by atoms with Crippen molar-refractivity contribution < 1.29 is 22.4 Å². The highest BCUT2D eigenvalue weighted by molar-refractivity contribution is 6.42. The number of alkyl halides is 3. The number of carbonyl (C=O) groups is 1. The van der Waals surface area contributed by atoms with Crippen molar-refractivity contribution >= 4 is 29.5 Å². The van der Waals surface area contributed by atoms with E-state index in [1.807, 2.05) is 24.1 Å². The maximum atomic E-state index is 14.3. The molecule has 1 N–H and O–H groups in total. The first-order chi connectivity index (χ1) is 17.9. The van der Waals surface area contributed by atoms with E-state index in [0.717, 1.165) is 37.1 Å². The number of carbonyl (C=O) groups excluding carboxylic acids is 1. The lowest BCUT2D eigenvalue weighted by atomic mass is 9.93. The first kappa shape index (κ1) is 29.2. The van der Waals surface area contributed by atoms with Gasteiger partial charge in [-0.15, -0.1) is 0 Å². The molecule has 2 saturated heterocycles. The minimum absolute atomic E-state index is 0.0609. The smallest absolute Gasteiger partial charge is 0.309 e. The van der Waals surface area contributed by atoms with Gasteiger partial charge in [0.2, 0.25) is 0 Å². The monoisotopic (exact) mass is 574 g/mol. The van der Waals surface area contributed by atoms with E-state index in [2.05, 4.69) is 29.0 Å². The lowest BCUT2D eigenvalue weighted by molar-refractivity contribution is -0.140. The predicted molar refractivity (Wildman–Crippen MR) is 141 cm³/mol. The second kappa shape index (κ2) is 11.8. The summed E-state index contributed by atoms with van der Waals surface area (Å²) in [5, 5.41) is 4.34. The second-order valence-corrected chi connectivity index (χ2v) is 11.3. The molecule has 3 unspecified atom stereocenters. The molecule has 2 aromatic rings. The average molecular weight is 575 g/mol. The molecule has 0 aliphatic carbocycles. The summed E-state index contributed by atoms with van der Waals surface area (Å²) in [6.45, 7) is 6.99. The third-order valence-electron chi connectivity index (χ3n) is 7.48. The summed E-state index contributed by atoms with van der Waals surface area (Å²) in [5.41, 5.74) is 0.100. The molecule has 0 spiro atoms. The van der Waals surface area contributed by atoms with Gasteiger partial charge in [-0.3, -0.25) is 14.7 Å². The van der Waals surface area contributed by atoms with Crippen LogP contribution >= 0.6 is 23.2 Å². The highest BCUT2D eigenvalue weighted by Crippen LogP contribution is 2.36. The summed E-state index contributed by atoms with van der Waals surface area (Å²) in [7, 11) is 1.86. The molecular weight excluding hydrogens is 543 g/mol. The van der Waals surface area contributed by atoms with Crippen LogP contribution in [0, 0.1) is 5.82 Å². The van der Waals surface area contributed by atoms with Gasteiger partial charge in [-0.1, -0.05) is 35.3 Å². The van der Waals surface area contributed by atoms with Crippen molar-refractivity contribution in [2.45, 2.75) is 56.8 Å². The van der Waals surface area contributed by atoms with Gasteiger partial charge < -0.3 is 10.1 Å². The molecule has 0 bridgehead atoms. The number of likely N-dealkylation sites (tertiary alicyclic amines) is 1. The summed E-state index contributed by atoms with van der Waals surface area (Å²) in [4.78, 5) is 18.7. The molecule has 2 heterocycles. The molecule has 2 aliphatic heterocycles. The standard InChI is InChI=1S/C27H32Cl2F4N4O/c1-16-10-36(11-17(2)34-16)26(15-38)37-13-20(19-5-7-22(28)23(29)9-19)25(14-37)35(3)12-18-4-6-21(24(30)8-18)27(31,32)33/h4-9,15-17,20,25-26,34H,10-14H2,1-3H3/t16?,17?,20-,25-,26?/m1/s1. The van der Waals surface area contributed by atoms with Gasteiger partial charge in [-0.2, -0.15) is 13.2 Å². The SMILES string of the molecule is CC1CN(C(C=O)N2C[C@H](c3ccc(Cl)c(Cl)c3)[C@H](N(C)Cc3ccc(C(F)(F)F)c(F)c3)C2)CC(C)N1. The zero-order valence-corrected chi connectivity index (χ0v) is 23.0. The maximum Gasteiger partial charge on any atom is 0.419 e. The van der Waals surface area contributed by atoms with Crippen LogP contribution in [-0.2, 0) is 17.5 Å². The first-order valence-corrected chi connectivity index (χ1v) is 13.3. The van der Waals surface area contributed by atoms with Gasteiger partial charge in [-0.05, 0) is 56.3 Å². The molecule has 208 valence electrons. The molecule has 2 aliphatic rings. The zero-order valence-electron chi connectivity index (χ0n) is 21.5. The van der Waals surface area contributed by atoms with Crippen molar-refractivity contribution in [2.24, 2.45) is 0 Å². The van der Waals surface area contributed by atoms with E-state index in [9.17, 15) is 22.4 Å². The van der Waals surface area contributed by atoms with E-state index < -0.39 is 23.7 Å². The number of benzene rings is 2. The highest BCUT2D eigenvalue weighted by atomic mass is 35.5. The quantitative estimate of drug-likeness (QED) is 0.361. The van der Waals surface area contributed by atoms with Crippen LogP contribution in [0.25, 0.3) is 0 Å². The topological polar surface area (TPSA) is 38.8 Å². The summed E-state index contributed by atoms with van der Waals surface area (Å²) in [5.74, 6) is -1.35. The number of hydrogen-bond donors (Lipinski definition) is 1. The number of likely N-dealkylation sites (N-methyl/N-ethyl adjacent to an activating group) is 1. The molecular formula is C27H32Cl2F4N4O. The molecule has 0 aromatic heterocycles. The van der Waals surface area contributed by atoms with E-state index in [0.29, 0.717) is 28.7 Å². The van der Waals surface area contributed by atoms with Gasteiger partial charge in [0.1, 0.15) is 12.0 Å². The van der Waals surface area contributed by atoms with Crippen LogP contribution in [0.5, 0.6) is 0 Å². The molecule has 4 rings (SSSR count). The Labute approximate surface area is 230 Å². The van der Waals surface area contributed by atoms with Crippen LogP contribution in [0.15, 0.2) is 36.4 Å². The Hall–Kier alpha value is -1.75. The van der Waals surface area contributed by atoms with E-state index in [1.54, 1.807) is 6.07 Å². The number of nitrogens with zero attached hydrogens (tertiary/aromatic N) is 3. The summed E-state index contributed by atoms with van der Waals surface area (Å²) >= 11 is 12.5. The van der Waals surface area contributed by atoms with Gasteiger partial charge in [0.25, 0.3) is 0 Å². The fourth-order valence-corrected chi connectivity index (χ4v) is 6.14. The van der Waals surface area contributed by atoms with Crippen molar-refractivity contribution in [3.8, 4) is 0 Å². The molecule has 5 atom stereocenters. The van der Waals surface area contributed by atoms with Gasteiger partial charge in [0.15, 0.2) is 6.29 Å². The van der Waals surface area contributed by atoms with Crippen LogP contribution in [0.3, 0.4) is 0 Å². The van der Waals surface area contributed by atoms with E-state index in [4.69, 9.17) is 23.2 Å². The van der Waals surface area contributed by atoms with Crippen LogP contribution in [0.4, 0.5) is 17.6 Å². The minimum atomic E-state index is -4.75. The fourth-order valence-electron chi connectivity index (χ4n) is 5.83. The predicted octanol–water partition coefficient (Wildman–Crippen LogP) is 5.26. The molecule has 0 amide bonds. The largest absolute Gasteiger partial charge is 0.419 e. The number of nitrogens with one attached hydrogen (secondary N) is 1. The lowest BCUT2D eigenvalue weighted by Gasteiger charge is -2.42. The molecule has 0 radical (unpaired) electrons. The molecule has 2 fully saturated rings. The maximum absolute atomic E-state index is 14.3. The highest BCUT2D eigenvalue weighted by Gasteiger charge is 2.42. The van der Waals surface area contributed by atoms with Crippen molar-refractivity contribution in [3.05, 3.63) is 69.0 Å². The Morgan fingerprint density at radius 3 is 2.26 bits per heavy atom. The fraction of sp³-hybridized carbons (Fsp3) is 0.519. The number of hydrogen-bond acceptors (Lipinski definition) is 5. The van der Waals surface area contributed by atoms with Crippen LogP contribution in [-0.4, -0.2) is 78.5 Å². The van der Waals surface area contributed by atoms with Crippen LogP contribution in [0.2, 0.25) is 10.0 Å². The Bertz CT molecular complexity index is 1140. The van der Waals surface area contributed by atoms with Gasteiger partial charge >= 0.3 is 6.18 Å². The zero-order chi connectivity index (χ0) is 27.8. The van der Waals surface area contributed by atoms with Crippen molar-refractivity contribution in [1.29, 1.82) is 0 Å². The molecule has 2 aromatic carbocycles. The normalized spacial score (nSPS) is 26.2. The third-order valence-corrected chi connectivity index (χ3v) is 8.22. The van der Waals surface area contributed by atoms with Crippen LogP contribution < -0.4 is 5.32 Å². The van der Waals surface area contributed by atoms with E-state index in [-0.39, 0.29) is 30.6 Å². The van der Waals surface area contributed by atoms with Gasteiger partial charge in [0.05, 0.1) is 15.6 Å². The van der Waals surface area contributed by atoms with Crippen molar-refractivity contribution in [2.75, 3.05) is 33.2 Å². The Morgan fingerprint density at radius 2 is 1.68 bits per heavy atom. The van der Waals surface area contributed by atoms with Crippen molar-refractivity contribution in [1.82, 2.24) is 20.0 Å². The Balaban J connectivity index is 1.60. The second-order valence-electron chi connectivity index (χ2n) is 10.5. The van der Waals surface area contributed by atoms with Crippen LogP contribution in [0.1, 0.15) is 36.5 Å². The number of aldehydes is 1. The summed E-state index contributed by atoms with van der Waals surface area (Å²) in [6, 6.07) is 8.86. The molecule has 0 saturated carbocycles. The number of rotatable bonds is 7. The van der Waals surface area contributed by atoms with Gasteiger partial charge in [0, 0.05) is 56.8 Å². The van der Waals surface area contributed by atoms with E-state index in [1.165, 1.54) is 6.07 Å². The molecule has 38 heavy (non-hydrogen) atoms. The molecule has 11 heteroatoms. The van der Waals surface area contributed by atoms with Gasteiger partial charge in [-0.25, -0.2) is 4.39 Å². The summed E-state index contributed by atoms with van der Waals surface area (Å²) in [6.07, 6.45) is -4.19. The third kappa shape index (κ3) is 6.51. The van der Waals surface area contributed by atoms with E-state index >= 15 is 0 Å². The lowest BCUT2D eigenvalue weighted by Crippen LogP contribution is -2.61. The van der Waals surface area contributed by atoms with Crippen molar-refractivity contribution in [3.63, 3.8) is 0 Å². The number of halogens is 6. The molecule has 5 nitrogen and oxygen atoms in total. The minimum Gasteiger partial charge on any atom is -0.309 e. The summed E-state index contributed by atoms with van der Waals surface area (Å²) < 4.78 is 53.3. The Kier molecular flexibility index (Phi) is 9.06.